The maximum atomic E-state index is 5.25. The summed E-state index contributed by atoms with van der Waals surface area (Å²) in [6.45, 7) is 0. The summed E-state index contributed by atoms with van der Waals surface area (Å²) in [5, 5.41) is 11.1. The van der Waals surface area contributed by atoms with Crippen LogP contribution in [0.25, 0.3) is 98.6 Å². The van der Waals surface area contributed by atoms with Crippen molar-refractivity contribution in [3.05, 3.63) is 188 Å². The molecule has 0 saturated heterocycles. The molecular weight excluding hydrogens is 603 g/mol. The molecule has 1 nitrogen and oxygen atoms in total. The summed E-state index contributed by atoms with van der Waals surface area (Å²) >= 11 is 0. The van der Waals surface area contributed by atoms with E-state index in [2.05, 4.69) is 188 Å². The Bertz CT molecular complexity index is 2850. The van der Waals surface area contributed by atoms with Crippen molar-refractivity contribution in [1.29, 1.82) is 0 Å². The lowest BCUT2D eigenvalue weighted by Gasteiger charge is -2.19. The van der Waals surface area contributed by atoms with E-state index in [4.69, 9.17) is 4.98 Å². The lowest BCUT2D eigenvalue weighted by atomic mass is 9.85. The van der Waals surface area contributed by atoms with Gasteiger partial charge in [0.25, 0.3) is 0 Å². The Morgan fingerprint density at radius 1 is 0.300 bits per heavy atom. The van der Waals surface area contributed by atoms with Crippen molar-refractivity contribution in [1.82, 2.24) is 4.98 Å². The zero-order valence-electron chi connectivity index (χ0n) is 27.3. The number of aromatic nitrogens is 1. The number of benzene rings is 9. The largest absolute Gasteiger partial charge is 0.248 e. The molecule has 0 N–H and O–H groups in total. The molecule has 1 heteroatoms. The van der Waals surface area contributed by atoms with Crippen molar-refractivity contribution in [2.45, 2.75) is 0 Å². The third-order valence-corrected chi connectivity index (χ3v) is 10.2. The lowest BCUT2D eigenvalue weighted by molar-refractivity contribution is 1.40. The molecule has 0 aliphatic rings. The number of hydrogen-bond donors (Lipinski definition) is 0. The van der Waals surface area contributed by atoms with Crippen LogP contribution in [0.2, 0.25) is 0 Å². The standard InChI is InChI=1S/C49H31N/c1-3-14-33(15-4-1)44-31-46(35-16-5-2-6-17-35)50-45-28-27-34-24-26-38(30-43(34)49(44)45)48-41-21-11-9-19-39(41)47(40-20-10-12-22-42(40)48)37-25-23-32-13-7-8-18-36(32)29-37/h1-31H. The van der Waals surface area contributed by atoms with Gasteiger partial charge in [-0.25, -0.2) is 4.98 Å². The molecule has 0 spiro atoms. The summed E-state index contributed by atoms with van der Waals surface area (Å²) in [5.41, 5.74) is 10.4. The van der Waals surface area contributed by atoms with E-state index in [1.165, 1.54) is 81.9 Å². The fourth-order valence-electron chi connectivity index (χ4n) is 7.91. The molecule has 9 aromatic carbocycles. The maximum absolute atomic E-state index is 5.25. The molecule has 0 atom stereocenters. The third-order valence-electron chi connectivity index (χ3n) is 10.2. The van der Waals surface area contributed by atoms with Crippen LogP contribution >= 0.6 is 0 Å². The summed E-state index contributed by atoms with van der Waals surface area (Å²) in [5.74, 6) is 0. The molecule has 0 aliphatic carbocycles. The van der Waals surface area contributed by atoms with E-state index in [-0.39, 0.29) is 0 Å². The summed E-state index contributed by atoms with van der Waals surface area (Å²) in [6.07, 6.45) is 0. The van der Waals surface area contributed by atoms with Crippen LogP contribution in [-0.4, -0.2) is 4.98 Å². The number of rotatable bonds is 4. The Morgan fingerprint density at radius 2 is 0.800 bits per heavy atom. The normalized spacial score (nSPS) is 11.6. The van der Waals surface area contributed by atoms with Crippen molar-refractivity contribution >= 4 is 54.0 Å². The van der Waals surface area contributed by atoms with Crippen LogP contribution in [0, 0.1) is 0 Å². The van der Waals surface area contributed by atoms with Crippen molar-refractivity contribution < 1.29 is 0 Å². The van der Waals surface area contributed by atoms with Crippen LogP contribution in [0.5, 0.6) is 0 Å². The molecule has 1 heterocycles. The Labute approximate surface area is 290 Å². The van der Waals surface area contributed by atoms with Crippen LogP contribution in [0.1, 0.15) is 0 Å². The highest BCUT2D eigenvalue weighted by Crippen LogP contribution is 2.45. The number of nitrogens with zero attached hydrogens (tertiary/aromatic N) is 1. The molecule has 0 saturated carbocycles. The monoisotopic (exact) mass is 633 g/mol. The molecular formula is C49H31N. The van der Waals surface area contributed by atoms with Gasteiger partial charge in [0.1, 0.15) is 0 Å². The van der Waals surface area contributed by atoms with E-state index in [1.54, 1.807) is 0 Å². The van der Waals surface area contributed by atoms with Crippen molar-refractivity contribution in [2.24, 2.45) is 0 Å². The molecule has 1 aromatic heterocycles. The predicted molar refractivity (Wildman–Crippen MR) is 214 cm³/mol. The summed E-state index contributed by atoms with van der Waals surface area (Å²) in [7, 11) is 0. The quantitative estimate of drug-likeness (QED) is 0.139. The van der Waals surface area contributed by atoms with Gasteiger partial charge in [0.2, 0.25) is 0 Å². The van der Waals surface area contributed by atoms with E-state index < -0.39 is 0 Å². The van der Waals surface area contributed by atoms with E-state index in [0.717, 1.165) is 16.8 Å². The molecule has 0 amide bonds. The molecule has 232 valence electrons. The fourth-order valence-corrected chi connectivity index (χ4v) is 7.91. The van der Waals surface area contributed by atoms with Gasteiger partial charge < -0.3 is 0 Å². The molecule has 0 unspecified atom stereocenters. The van der Waals surface area contributed by atoms with Crippen LogP contribution in [0.4, 0.5) is 0 Å². The smallest absolute Gasteiger partial charge is 0.0722 e. The zero-order valence-corrected chi connectivity index (χ0v) is 27.3. The molecule has 0 aliphatic heterocycles. The van der Waals surface area contributed by atoms with E-state index in [9.17, 15) is 0 Å². The van der Waals surface area contributed by atoms with Gasteiger partial charge in [0.15, 0.2) is 0 Å². The highest BCUT2D eigenvalue weighted by atomic mass is 14.7. The topological polar surface area (TPSA) is 12.9 Å². The van der Waals surface area contributed by atoms with E-state index in [0.29, 0.717) is 0 Å². The first kappa shape index (κ1) is 28.4. The maximum Gasteiger partial charge on any atom is 0.0722 e. The van der Waals surface area contributed by atoms with Crippen molar-refractivity contribution in [2.75, 3.05) is 0 Å². The zero-order chi connectivity index (χ0) is 33.0. The summed E-state index contributed by atoms with van der Waals surface area (Å²) in [4.78, 5) is 5.25. The predicted octanol–water partition coefficient (Wildman–Crippen LogP) is 13.5. The number of hydrogen-bond acceptors (Lipinski definition) is 1. The van der Waals surface area contributed by atoms with Gasteiger partial charge in [-0.3, -0.25) is 0 Å². The first-order valence-corrected chi connectivity index (χ1v) is 17.2. The minimum atomic E-state index is 0.980. The Kier molecular flexibility index (Phi) is 6.57. The molecule has 0 fully saturated rings. The van der Waals surface area contributed by atoms with Gasteiger partial charge in [-0.05, 0) is 101 Å². The van der Waals surface area contributed by atoms with Crippen LogP contribution < -0.4 is 0 Å². The summed E-state index contributed by atoms with van der Waals surface area (Å²) < 4.78 is 0. The first-order valence-electron chi connectivity index (χ1n) is 17.2. The second kappa shape index (κ2) is 11.5. The Morgan fingerprint density at radius 3 is 1.44 bits per heavy atom. The molecule has 10 aromatic rings. The van der Waals surface area contributed by atoms with Gasteiger partial charge in [-0.15, -0.1) is 0 Å². The van der Waals surface area contributed by atoms with Crippen LogP contribution in [0.3, 0.4) is 0 Å². The Balaban J connectivity index is 1.27. The van der Waals surface area contributed by atoms with Crippen molar-refractivity contribution in [3.8, 4) is 44.6 Å². The highest BCUT2D eigenvalue weighted by molar-refractivity contribution is 6.23. The molecule has 0 radical (unpaired) electrons. The molecule has 50 heavy (non-hydrogen) atoms. The average Bonchev–Trinajstić information content (AvgIpc) is 3.19. The lowest BCUT2D eigenvalue weighted by Crippen LogP contribution is -1.93. The summed E-state index contributed by atoms with van der Waals surface area (Å²) in [6, 6.07) is 68.2. The van der Waals surface area contributed by atoms with Gasteiger partial charge in [-0.2, -0.15) is 0 Å². The average molecular weight is 634 g/mol. The third kappa shape index (κ3) is 4.59. The van der Waals surface area contributed by atoms with Gasteiger partial charge >= 0.3 is 0 Å². The number of pyridine rings is 1. The minimum absolute atomic E-state index is 0.980. The van der Waals surface area contributed by atoms with Gasteiger partial charge in [0.05, 0.1) is 11.2 Å². The molecule has 10 rings (SSSR count). The van der Waals surface area contributed by atoms with Gasteiger partial charge in [-0.1, -0.05) is 164 Å². The SMILES string of the molecule is c1ccc(-c2cc(-c3ccccc3)c3c(ccc4ccc(-c5c6ccccc6c(-c6ccc7ccccc7c6)c6ccccc56)cc43)n2)cc1. The number of fused-ring (bicyclic) bond motifs is 6. The Hall–Kier alpha value is -6.57. The second-order valence-electron chi connectivity index (χ2n) is 13.1. The molecule has 0 bridgehead atoms. The van der Waals surface area contributed by atoms with Crippen LogP contribution in [0.15, 0.2) is 188 Å². The minimum Gasteiger partial charge on any atom is -0.248 e. The van der Waals surface area contributed by atoms with Gasteiger partial charge in [0, 0.05) is 10.9 Å². The van der Waals surface area contributed by atoms with Crippen molar-refractivity contribution in [3.63, 3.8) is 0 Å². The van der Waals surface area contributed by atoms with Crippen LogP contribution in [-0.2, 0) is 0 Å². The van der Waals surface area contributed by atoms with E-state index in [1.807, 2.05) is 0 Å². The highest BCUT2D eigenvalue weighted by Gasteiger charge is 2.18. The fraction of sp³-hybridized carbons (Fsp3) is 0. The second-order valence-corrected chi connectivity index (χ2v) is 13.1. The van der Waals surface area contributed by atoms with E-state index >= 15 is 0 Å². The first-order chi connectivity index (χ1) is 24.8.